The zero-order valence-electron chi connectivity index (χ0n) is 17.1. The van der Waals surface area contributed by atoms with E-state index in [-0.39, 0.29) is 0 Å². The van der Waals surface area contributed by atoms with Crippen molar-refractivity contribution in [2.45, 2.75) is 41.5 Å². The van der Waals surface area contributed by atoms with Crippen LogP contribution in [0.1, 0.15) is 41.5 Å². The number of anilines is 4. The predicted octanol–water partition coefficient (Wildman–Crippen LogP) is 8.25. The maximum absolute atomic E-state index is 3.39. The Bertz CT molecular complexity index is 607. The van der Waals surface area contributed by atoms with Gasteiger partial charge in [-0.1, -0.05) is 84.0 Å². The van der Waals surface area contributed by atoms with Gasteiger partial charge in [-0.15, -0.1) is 0 Å². The highest BCUT2D eigenvalue weighted by atomic mass is 14.9. The summed E-state index contributed by atoms with van der Waals surface area (Å²) < 4.78 is 0. The number of rotatable bonds is 4. The molecule has 0 amide bonds. The summed E-state index contributed by atoms with van der Waals surface area (Å²) >= 11 is 0. The maximum Gasteiger partial charge on any atom is 0.0405 e. The summed E-state index contributed by atoms with van der Waals surface area (Å²) in [6, 6.07) is 28.6. The summed E-state index contributed by atoms with van der Waals surface area (Å²) in [5, 5.41) is 6.78. The molecular weight excluding hydrogens is 316 g/mol. The Morgan fingerprint density at radius 1 is 0.385 bits per heavy atom. The molecule has 0 unspecified atom stereocenters. The van der Waals surface area contributed by atoms with E-state index >= 15 is 0 Å². The van der Waals surface area contributed by atoms with Gasteiger partial charge < -0.3 is 10.6 Å². The molecule has 0 spiro atoms. The van der Waals surface area contributed by atoms with Crippen LogP contribution in [0.4, 0.5) is 22.7 Å². The second-order valence-corrected chi connectivity index (χ2v) is 4.56. The second-order valence-electron chi connectivity index (χ2n) is 4.56. The lowest BCUT2D eigenvalue weighted by Crippen LogP contribution is -1.93. The average molecular weight is 351 g/mol. The Morgan fingerprint density at radius 3 is 1.04 bits per heavy atom. The van der Waals surface area contributed by atoms with E-state index in [0.29, 0.717) is 0 Å². The molecule has 0 radical (unpaired) electrons. The second kappa shape index (κ2) is 15.8. The molecule has 0 atom stereocenters. The van der Waals surface area contributed by atoms with Crippen molar-refractivity contribution in [3.63, 3.8) is 0 Å². The Balaban J connectivity index is 0.000000948. The van der Waals surface area contributed by atoms with Crippen LogP contribution >= 0.6 is 0 Å². The van der Waals surface area contributed by atoms with Gasteiger partial charge in [-0.05, 0) is 42.5 Å². The zero-order chi connectivity index (χ0) is 19.6. The fourth-order valence-electron chi connectivity index (χ4n) is 2.05. The summed E-state index contributed by atoms with van der Waals surface area (Å²) in [7, 11) is 0. The van der Waals surface area contributed by atoms with Crippen LogP contribution in [0.5, 0.6) is 0 Å². The van der Waals surface area contributed by atoms with Crippen molar-refractivity contribution < 1.29 is 0 Å². The first kappa shape index (κ1) is 23.3. The van der Waals surface area contributed by atoms with E-state index in [9.17, 15) is 0 Å². The molecule has 0 aliphatic heterocycles. The van der Waals surface area contributed by atoms with Crippen molar-refractivity contribution in [2.24, 2.45) is 0 Å². The summed E-state index contributed by atoms with van der Waals surface area (Å²) in [4.78, 5) is 0. The minimum Gasteiger partial charge on any atom is -0.355 e. The molecule has 0 aliphatic rings. The van der Waals surface area contributed by atoms with Crippen molar-refractivity contribution in [3.8, 4) is 0 Å². The van der Waals surface area contributed by atoms with Gasteiger partial charge in [-0.25, -0.2) is 0 Å². The van der Waals surface area contributed by atoms with E-state index in [2.05, 4.69) is 53.1 Å². The molecule has 0 bridgehead atoms. The van der Waals surface area contributed by atoms with Crippen molar-refractivity contribution >= 4 is 22.7 Å². The predicted molar refractivity (Wildman–Crippen MR) is 120 cm³/mol. The molecule has 0 heterocycles. The summed E-state index contributed by atoms with van der Waals surface area (Å²) in [5.41, 5.74) is 4.31. The van der Waals surface area contributed by atoms with E-state index in [4.69, 9.17) is 0 Å². The molecule has 26 heavy (non-hydrogen) atoms. The smallest absolute Gasteiger partial charge is 0.0405 e. The Hall–Kier alpha value is -2.74. The molecule has 3 aromatic carbocycles. The van der Waals surface area contributed by atoms with E-state index in [1.165, 1.54) is 0 Å². The fraction of sp³-hybridized carbons (Fsp3) is 0.250. The van der Waals surface area contributed by atoms with E-state index < -0.39 is 0 Å². The standard InChI is InChI=1S/C18H16N2.3C2H6/c1-3-8-15(9-4-1)19-17-12-7-13-18(14-17)20-16-10-5-2-6-11-16;3*1-2/h1-14,19-20H;3*1-2H3. The largest absolute Gasteiger partial charge is 0.355 e. The minimum atomic E-state index is 1.07. The Kier molecular flexibility index (Phi) is 14.1. The van der Waals surface area contributed by atoms with Gasteiger partial charge in [0.1, 0.15) is 0 Å². The van der Waals surface area contributed by atoms with Crippen molar-refractivity contribution in [1.82, 2.24) is 0 Å². The van der Waals surface area contributed by atoms with Gasteiger partial charge in [0.05, 0.1) is 0 Å². The van der Waals surface area contributed by atoms with Gasteiger partial charge in [0, 0.05) is 22.7 Å². The van der Waals surface area contributed by atoms with Crippen LogP contribution in [0.25, 0.3) is 0 Å². The highest BCUT2D eigenvalue weighted by molar-refractivity contribution is 5.68. The highest BCUT2D eigenvalue weighted by Crippen LogP contribution is 2.22. The molecule has 0 fully saturated rings. The summed E-state index contributed by atoms with van der Waals surface area (Å²) in [6.07, 6.45) is 0. The SMILES string of the molecule is CC.CC.CC.c1ccc(Nc2cccc(Nc3ccccc3)c2)cc1. The number of nitrogens with one attached hydrogen (secondary N) is 2. The molecule has 0 saturated carbocycles. The van der Waals surface area contributed by atoms with Crippen LogP contribution in [0, 0.1) is 0 Å². The van der Waals surface area contributed by atoms with Crippen LogP contribution in [0.3, 0.4) is 0 Å². The molecule has 2 N–H and O–H groups in total. The van der Waals surface area contributed by atoms with Crippen LogP contribution in [-0.4, -0.2) is 0 Å². The van der Waals surface area contributed by atoms with Crippen molar-refractivity contribution in [3.05, 3.63) is 84.9 Å². The van der Waals surface area contributed by atoms with Gasteiger partial charge in [0.2, 0.25) is 0 Å². The molecule has 0 saturated heterocycles. The topological polar surface area (TPSA) is 24.1 Å². The monoisotopic (exact) mass is 350 g/mol. The first-order valence-electron chi connectivity index (χ1n) is 9.64. The Morgan fingerprint density at radius 2 is 0.692 bits per heavy atom. The molecule has 140 valence electrons. The first-order chi connectivity index (χ1) is 12.9. The summed E-state index contributed by atoms with van der Waals surface area (Å²) in [5.74, 6) is 0. The highest BCUT2D eigenvalue weighted by Gasteiger charge is 1.97. The lowest BCUT2D eigenvalue weighted by Gasteiger charge is -2.10. The molecule has 2 heteroatoms. The summed E-state index contributed by atoms with van der Waals surface area (Å²) in [6.45, 7) is 12.0. The number of hydrogen-bond donors (Lipinski definition) is 2. The third-order valence-corrected chi connectivity index (χ3v) is 2.99. The van der Waals surface area contributed by atoms with Gasteiger partial charge in [0.15, 0.2) is 0 Å². The normalized spacial score (nSPS) is 8.38. The van der Waals surface area contributed by atoms with Gasteiger partial charge >= 0.3 is 0 Å². The van der Waals surface area contributed by atoms with E-state index in [1.807, 2.05) is 84.0 Å². The fourth-order valence-corrected chi connectivity index (χ4v) is 2.05. The third kappa shape index (κ3) is 8.93. The van der Waals surface area contributed by atoms with Crippen LogP contribution in [0.2, 0.25) is 0 Å². The van der Waals surface area contributed by atoms with Crippen LogP contribution in [0.15, 0.2) is 84.9 Å². The van der Waals surface area contributed by atoms with E-state index in [1.54, 1.807) is 0 Å². The van der Waals surface area contributed by atoms with Gasteiger partial charge in [-0.3, -0.25) is 0 Å². The molecular formula is C24H34N2. The minimum absolute atomic E-state index is 1.07. The number of benzene rings is 3. The zero-order valence-corrected chi connectivity index (χ0v) is 17.1. The maximum atomic E-state index is 3.39. The van der Waals surface area contributed by atoms with Crippen LogP contribution in [-0.2, 0) is 0 Å². The molecule has 3 rings (SSSR count). The molecule has 2 nitrogen and oxygen atoms in total. The quantitative estimate of drug-likeness (QED) is 0.495. The van der Waals surface area contributed by atoms with Crippen molar-refractivity contribution in [2.75, 3.05) is 10.6 Å². The third-order valence-electron chi connectivity index (χ3n) is 2.99. The van der Waals surface area contributed by atoms with Gasteiger partial charge in [-0.2, -0.15) is 0 Å². The average Bonchev–Trinajstić information content (AvgIpc) is 2.74. The molecule has 0 aliphatic carbocycles. The van der Waals surface area contributed by atoms with Crippen molar-refractivity contribution in [1.29, 1.82) is 0 Å². The first-order valence-corrected chi connectivity index (χ1v) is 9.64. The van der Waals surface area contributed by atoms with E-state index in [0.717, 1.165) is 22.7 Å². The Labute approximate surface area is 160 Å². The van der Waals surface area contributed by atoms with Gasteiger partial charge in [0.25, 0.3) is 0 Å². The molecule has 0 aromatic heterocycles. The van der Waals surface area contributed by atoms with Crippen LogP contribution < -0.4 is 10.6 Å². The lowest BCUT2D eigenvalue weighted by atomic mass is 10.2. The molecule has 3 aromatic rings. The number of para-hydroxylation sites is 2. The number of hydrogen-bond acceptors (Lipinski definition) is 2. The lowest BCUT2D eigenvalue weighted by molar-refractivity contribution is 1.50.